The average Bonchev–Trinajstić information content (AvgIpc) is 3.35. The highest BCUT2D eigenvalue weighted by atomic mass is 32.1. The first-order valence-corrected chi connectivity index (χ1v) is 8.54. The number of carbonyl (C=O) groups excluding carboxylic acids is 1. The highest BCUT2D eigenvalue weighted by molar-refractivity contribution is 7.13. The van der Waals surface area contributed by atoms with Gasteiger partial charge < -0.3 is 18.7 Å². The Kier molecular flexibility index (Phi) is 5.65. The second-order valence-electron chi connectivity index (χ2n) is 5.03. The minimum atomic E-state index is -0.527. The SMILES string of the molecule is C=CCOc1ccc(C(=O)OCc2noc(-c3cccs3)n2)cc1OC. The molecule has 0 atom stereocenters. The van der Waals surface area contributed by atoms with E-state index in [4.69, 9.17) is 18.7 Å². The van der Waals surface area contributed by atoms with Gasteiger partial charge in [-0.1, -0.05) is 23.9 Å². The van der Waals surface area contributed by atoms with Gasteiger partial charge in [-0.3, -0.25) is 0 Å². The lowest BCUT2D eigenvalue weighted by molar-refractivity contribution is 0.0459. The van der Waals surface area contributed by atoms with Gasteiger partial charge in [0.1, 0.15) is 6.61 Å². The van der Waals surface area contributed by atoms with Crippen molar-refractivity contribution in [3.63, 3.8) is 0 Å². The lowest BCUT2D eigenvalue weighted by Gasteiger charge is -2.10. The summed E-state index contributed by atoms with van der Waals surface area (Å²) in [6.45, 7) is 3.83. The van der Waals surface area contributed by atoms with Crippen LogP contribution in [0.5, 0.6) is 11.5 Å². The molecule has 2 aromatic heterocycles. The molecule has 0 fully saturated rings. The fourth-order valence-electron chi connectivity index (χ4n) is 2.09. The van der Waals surface area contributed by atoms with Crippen LogP contribution < -0.4 is 9.47 Å². The molecular weight excluding hydrogens is 356 g/mol. The van der Waals surface area contributed by atoms with E-state index in [1.54, 1.807) is 24.3 Å². The molecule has 0 aliphatic rings. The number of nitrogens with zero attached hydrogens (tertiary/aromatic N) is 2. The molecule has 0 bridgehead atoms. The molecule has 8 heteroatoms. The van der Waals surface area contributed by atoms with E-state index in [2.05, 4.69) is 16.7 Å². The van der Waals surface area contributed by atoms with Gasteiger partial charge in [-0.25, -0.2) is 4.79 Å². The van der Waals surface area contributed by atoms with Crippen LogP contribution >= 0.6 is 11.3 Å². The van der Waals surface area contributed by atoms with Crippen molar-refractivity contribution in [2.24, 2.45) is 0 Å². The lowest BCUT2D eigenvalue weighted by atomic mass is 10.2. The molecule has 0 N–H and O–H groups in total. The van der Waals surface area contributed by atoms with Gasteiger partial charge >= 0.3 is 5.97 Å². The maximum atomic E-state index is 12.2. The van der Waals surface area contributed by atoms with E-state index in [1.807, 2.05) is 17.5 Å². The number of benzene rings is 1. The van der Waals surface area contributed by atoms with Crippen LogP contribution in [0.3, 0.4) is 0 Å². The first kappa shape index (κ1) is 17.7. The second kappa shape index (κ2) is 8.30. The van der Waals surface area contributed by atoms with Crippen LogP contribution in [0, 0.1) is 0 Å². The number of esters is 1. The Morgan fingerprint density at radius 3 is 2.96 bits per heavy atom. The van der Waals surface area contributed by atoms with Gasteiger partial charge in [-0.2, -0.15) is 4.98 Å². The number of hydrogen-bond donors (Lipinski definition) is 0. The Hall–Kier alpha value is -3.13. The number of methoxy groups -OCH3 is 1. The summed E-state index contributed by atoms with van der Waals surface area (Å²) in [5, 5.41) is 5.72. The van der Waals surface area contributed by atoms with Gasteiger partial charge in [-0.15, -0.1) is 11.3 Å². The van der Waals surface area contributed by atoms with E-state index in [0.717, 1.165) is 4.88 Å². The van der Waals surface area contributed by atoms with Crippen LogP contribution in [0.4, 0.5) is 0 Å². The standard InChI is InChI=1S/C18H16N2O5S/c1-3-8-23-13-7-6-12(10-14(13)22-2)18(21)24-11-16-19-17(25-20-16)15-5-4-9-26-15/h3-7,9-10H,1,8,11H2,2H3. The van der Waals surface area contributed by atoms with Crippen molar-refractivity contribution >= 4 is 17.3 Å². The summed E-state index contributed by atoms with van der Waals surface area (Å²) in [6, 6.07) is 8.54. The fourth-order valence-corrected chi connectivity index (χ4v) is 2.73. The molecule has 0 saturated carbocycles. The molecule has 0 aliphatic heterocycles. The summed E-state index contributed by atoms with van der Waals surface area (Å²) >= 11 is 1.49. The Labute approximate surface area is 153 Å². The van der Waals surface area contributed by atoms with Crippen LogP contribution in [-0.4, -0.2) is 29.8 Å². The Morgan fingerprint density at radius 1 is 1.35 bits per heavy atom. The summed E-state index contributed by atoms with van der Waals surface area (Å²) in [7, 11) is 1.50. The zero-order chi connectivity index (χ0) is 18.4. The second-order valence-corrected chi connectivity index (χ2v) is 5.98. The molecule has 7 nitrogen and oxygen atoms in total. The molecule has 0 unspecified atom stereocenters. The van der Waals surface area contributed by atoms with Crippen LogP contribution in [0.2, 0.25) is 0 Å². The first-order chi connectivity index (χ1) is 12.7. The molecular formula is C18H16N2O5S. The average molecular weight is 372 g/mol. The van der Waals surface area contributed by atoms with Crippen molar-refractivity contribution in [1.29, 1.82) is 0 Å². The van der Waals surface area contributed by atoms with Gasteiger partial charge in [0.05, 0.1) is 17.6 Å². The zero-order valence-electron chi connectivity index (χ0n) is 14.0. The third-order valence-electron chi connectivity index (χ3n) is 3.29. The predicted molar refractivity (Wildman–Crippen MR) is 95.4 cm³/mol. The number of hydrogen-bond acceptors (Lipinski definition) is 8. The third-order valence-corrected chi connectivity index (χ3v) is 4.15. The maximum absolute atomic E-state index is 12.2. The predicted octanol–water partition coefficient (Wildman–Crippen LogP) is 3.73. The van der Waals surface area contributed by atoms with E-state index in [0.29, 0.717) is 35.4 Å². The fraction of sp³-hybridized carbons (Fsp3) is 0.167. The number of ether oxygens (including phenoxy) is 3. The Balaban J connectivity index is 1.63. The van der Waals surface area contributed by atoms with Gasteiger partial charge in [0.2, 0.25) is 5.82 Å². The normalized spacial score (nSPS) is 10.3. The highest BCUT2D eigenvalue weighted by Crippen LogP contribution is 2.28. The molecule has 134 valence electrons. The van der Waals surface area contributed by atoms with Crippen molar-refractivity contribution in [1.82, 2.24) is 10.1 Å². The molecule has 0 radical (unpaired) electrons. The largest absolute Gasteiger partial charge is 0.493 e. The molecule has 0 aliphatic carbocycles. The van der Waals surface area contributed by atoms with Crippen LogP contribution in [0.25, 0.3) is 10.8 Å². The summed E-state index contributed by atoms with van der Waals surface area (Å²) in [6.07, 6.45) is 1.62. The number of carbonyl (C=O) groups is 1. The van der Waals surface area contributed by atoms with Crippen LogP contribution in [0.1, 0.15) is 16.2 Å². The van der Waals surface area contributed by atoms with Gasteiger partial charge in [0, 0.05) is 0 Å². The molecule has 0 saturated heterocycles. The molecule has 0 spiro atoms. The number of aromatic nitrogens is 2. The summed E-state index contributed by atoms with van der Waals surface area (Å²) in [4.78, 5) is 17.3. The van der Waals surface area contributed by atoms with Crippen molar-refractivity contribution in [3.05, 3.63) is 59.8 Å². The smallest absolute Gasteiger partial charge is 0.338 e. The maximum Gasteiger partial charge on any atom is 0.338 e. The van der Waals surface area contributed by atoms with Crippen LogP contribution in [0.15, 0.2) is 52.9 Å². The molecule has 3 aromatic rings. The number of rotatable bonds is 8. The molecule has 3 rings (SSSR count). The third kappa shape index (κ3) is 4.09. The van der Waals surface area contributed by atoms with E-state index >= 15 is 0 Å². The number of thiophene rings is 1. The summed E-state index contributed by atoms with van der Waals surface area (Å²) in [5.41, 5.74) is 0.328. The van der Waals surface area contributed by atoms with E-state index in [1.165, 1.54) is 18.4 Å². The molecule has 2 heterocycles. The van der Waals surface area contributed by atoms with Gasteiger partial charge in [0.25, 0.3) is 5.89 Å². The lowest BCUT2D eigenvalue weighted by Crippen LogP contribution is -2.07. The molecule has 0 amide bonds. The Bertz CT molecular complexity index is 889. The van der Waals surface area contributed by atoms with Crippen molar-refractivity contribution in [2.75, 3.05) is 13.7 Å². The van der Waals surface area contributed by atoms with Gasteiger partial charge in [-0.05, 0) is 29.6 Å². The molecule has 26 heavy (non-hydrogen) atoms. The van der Waals surface area contributed by atoms with E-state index in [9.17, 15) is 4.79 Å². The van der Waals surface area contributed by atoms with E-state index < -0.39 is 5.97 Å². The first-order valence-electron chi connectivity index (χ1n) is 7.66. The summed E-state index contributed by atoms with van der Waals surface area (Å²) < 4.78 is 21.1. The quantitative estimate of drug-likeness (QED) is 0.440. The van der Waals surface area contributed by atoms with Crippen molar-refractivity contribution in [2.45, 2.75) is 6.61 Å². The minimum Gasteiger partial charge on any atom is -0.493 e. The van der Waals surface area contributed by atoms with Crippen molar-refractivity contribution in [3.8, 4) is 22.3 Å². The monoisotopic (exact) mass is 372 g/mol. The van der Waals surface area contributed by atoms with E-state index in [-0.39, 0.29) is 6.61 Å². The molecule has 1 aromatic carbocycles. The summed E-state index contributed by atoms with van der Waals surface area (Å²) in [5.74, 6) is 1.11. The van der Waals surface area contributed by atoms with Crippen LogP contribution in [-0.2, 0) is 11.3 Å². The van der Waals surface area contributed by atoms with Gasteiger partial charge in [0.15, 0.2) is 18.1 Å². The topological polar surface area (TPSA) is 83.7 Å². The van der Waals surface area contributed by atoms with Crippen molar-refractivity contribution < 1.29 is 23.5 Å². The Morgan fingerprint density at radius 2 is 2.23 bits per heavy atom. The zero-order valence-corrected chi connectivity index (χ0v) is 14.8. The minimum absolute atomic E-state index is 0.0925. The highest BCUT2D eigenvalue weighted by Gasteiger charge is 2.15.